The van der Waals surface area contributed by atoms with E-state index in [0.717, 1.165) is 16.0 Å². The lowest BCUT2D eigenvalue weighted by atomic mass is 9.97. The van der Waals surface area contributed by atoms with E-state index >= 15 is 0 Å². The minimum atomic E-state index is -1.17. The maximum Gasteiger partial charge on any atom is 0.266 e. The van der Waals surface area contributed by atoms with Crippen LogP contribution < -0.4 is 0 Å². The van der Waals surface area contributed by atoms with E-state index in [1.165, 1.54) is 0 Å². The number of amides is 2. The van der Waals surface area contributed by atoms with Gasteiger partial charge >= 0.3 is 0 Å². The van der Waals surface area contributed by atoms with Crippen LogP contribution in [0.2, 0.25) is 0 Å². The number of rotatable bonds is 8. The molecule has 0 fully saturated rings. The highest BCUT2D eigenvalue weighted by Crippen LogP contribution is 2.38. The van der Waals surface area contributed by atoms with Crippen molar-refractivity contribution < 1.29 is 19.2 Å². The van der Waals surface area contributed by atoms with Gasteiger partial charge in [0.2, 0.25) is 0 Å². The van der Waals surface area contributed by atoms with Crippen LogP contribution in [0.1, 0.15) is 100 Å². The first-order valence-corrected chi connectivity index (χ1v) is 13.4. The van der Waals surface area contributed by atoms with Gasteiger partial charge in [-0.15, -0.1) is 0 Å². The van der Waals surface area contributed by atoms with Crippen LogP contribution in [0.25, 0.3) is 36.1 Å². The number of imide groups is 1. The monoisotopic (exact) mass is 552 g/mol. The zero-order chi connectivity index (χ0) is 30.3. The van der Waals surface area contributed by atoms with E-state index in [1.54, 1.807) is 73.7 Å². The molecule has 3 aromatic rings. The van der Waals surface area contributed by atoms with Crippen molar-refractivity contribution in [2.45, 2.75) is 19.8 Å². The number of benzene rings is 2. The predicted octanol–water partition coefficient (Wildman–Crippen LogP) is 7.51. The first-order chi connectivity index (χ1) is 20.2. The molecule has 0 saturated carbocycles. The summed E-state index contributed by atoms with van der Waals surface area (Å²) in [5.74, 6) is -2.94. The number of aromatic nitrogens is 1. The molecule has 2 aliphatic rings. The van der Waals surface area contributed by atoms with Crippen molar-refractivity contribution in [3.8, 4) is 0 Å². The van der Waals surface area contributed by atoms with E-state index in [4.69, 9.17) is 4.98 Å². The number of hydrogen-bond acceptors (Lipinski definition) is 5. The Hall–Kier alpha value is -5.49. The molecule has 206 valence electrons. The number of pyridine rings is 1. The Morgan fingerprint density at radius 3 is 1.64 bits per heavy atom. The molecular formula is C36H28N2O4. The van der Waals surface area contributed by atoms with E-state index in [1.807, 2.05) is 19.1 Å². The quantitative estimate of drug-likeness (QED) is 0.213. The van der Waals surface area contributed by atoms with E-state index in [2.05, 4.69) is 26.3 Å². The lowest BCUT2D eigenvalue weighted by Gasteiger charge is -2.20. The Balaban J connectivity index is 1.60. The summed E-state index contributed by atoms with van der Waals surface area (Å²) in [6.07, 6.45) is 11.7. The fraction of sp³-hybridized carbons (Fsp3) is 0.0833. The minimum Gasteiger partial charge on any atom is -0.293 e. The zero-order valence-corrected chi connectivity index (χ0v) is 23.4. The molecule has 0 saturated heterocycles. The van der Waals surface area contributed by atoms with Gasteiger partial charge in [0.15, 0.2) is 11.6 Å². The van der Waals surface area contributed by atoms with Crippen LogP contribution in [-0.4, -0.2) is 33.3 Å². The molecule has 6 heteroatoms. The smallest absolute Gasteiger partial charge is 0.266 e. The van der Waals surface area contributed by atoms with Gasteiger partial charge < -0.3 is 0 Å². The number of ketones is 2. The fourth-order valence-corrected chi connectivity index (χ4v) is 5.52. The summed E-state index contributed by atoms with van der Waals surface area (Å²) in [6, 6.07) is 9.92. The topological polar surface area (TPSA) is 84.4 Å². The fourth-order valence-electron chi connectivity index (χ4n) is 5.52. The molecule has 6 nitrogen and oxygen atoms in total. The molecule has 0 N–H and O–H groups in total. The van der Waals surface area contributed by atoms with Crippen molar-refractivity contribution in [1.29, 1.82) is 0 Å². The highest BCUT2D eigenvalue weighted by Gasteiger charge is 2.43. The van der Waals surface area contributed by atoms with Crippen LogP contribution in [0, 0.1) is 0 Å². The summed E-state index contributed by atoms with van der Waals surface area (Å²) in [4.78, 5) is 60.3. The van der Waals surface area contributed by atoms with Crippen molar-refractivity contribution >= 4 is 59.5 Å². The molecule has 1 aromatic heterocycles. The Labute approximate surface area is 244 Å². The Morgan fingerprint density at radius 1 is 0.690 bits per heavy atom. The van der Waals surface area contributed by atoms with Crippen LogP contribution in [0.4, 0.5) is 0 Å². The lowest BCUT2D eigenvalue weighted by Crippen LogP contribution is -2.29. The third kappa shape index (κ3) is 4.16. The molecule has 0 unspecified atom stereocenters. The average molecular weight is 553 g/mol. The van der Waals surface area contributed by atoms with Crippen LogP contribution in [-0.2, 0) is 0 Å². The third-order valence-electron chi connectivity index (χ3n) is 7.60. The van der Waals surface area contributed by atoms with Crippen LogP contribution in [0.5, 0.6) is 0 Å². The number of nitrogens with zero attached hydrogens (tertiary/aromatic N) is 2. The van der Waals surface area contributed by atoms with Crippen molar-refractivity contribution in [3.05, 3.63) is 136 Å². The van der Waals surface area contributed by atoms with E-state index in [0.29, 0.717) is 27.8 Å². The van der Waals surface area contributed by atoms with Crippen molar-refractivity contribution in [2.24, 2.45) is 0 Å². The van der Waals surface area contributed by atoms with E-state index < -0.39 is 17.7 Å². The summed E-state index contributed by atoms with van der Waals surface area (Å²) in [5.41, 5.74) is 5.21. The van der Waals surface area contributed by atoms with E-state index in [9.17, 15) is 19.2 Å². The SMILES string of the molecule is C=Cc1cc2c(cc1C=C)C(=O)C(c1ccc(C=C)c(/C(=C\C)N3C(=O)c4cc(C=C)c(/C=C\C)cc4C3=O)n1)C2=O. The van der Waals surface area contributed by atoms with Gasteiger partial charge in [0.25, 0.3) is 11.8 Å². The van der Waals surface area contributed by atoms with Crippen LogP contribution in [0.15, 0.2) is 74.9 Å². The highest BCUT2D eigenvalue weighted by atomic mass is 16.2. The Morgan fingerprint density at radius 2 is 1.17 bits per heavy atom. The summed E-state index contributed by atoms with van der Waals surface area (Å²) < 4.78 is 0. The summed E-state index contributed by atoms with van der Waals surface area (Å²) in [7, 11) is 0. The van der Waals surface area contributed by atoms with Crippen molar-refractivity contribution in [2.75, 3.05) is 0 Å². The Bertz CT molecular complexity index is 1810. The second kappa shape index (κ2) is 10.8. The van der Waals surface area contributed by atoms with Gasteiger partial charge in [0.05, 0.1) is 28.2 Å². The van der Waals surface area contributed by atoms with Gasteiger partial charge in [0.1, 0.15) is 5.92 Å². The second-order valence-corrected chi connectivity index (χ2v) is 9.83. The van der Waals surface area contributed by atoms with Gasteiger partial charge in [-0.25, -0.2) is 9.88 Å². The lowest BCUT2D eigenvalue weighted by molar-refractivity contribution is 0.0733. The van der Waals surface area contributed by atoms with Gasteiger partial charge in [-0.3, -0.25) is 19.2 Å². The summed E-state index contributed by atoms with van der Waals surface area (Å²) in [6.45, 7) is 18.8. The molecule has 0 atom stereocenters. The number of carbonyl (C=O) groups excluding carboxylic acids is 4. The first-order valence-electron chi connectivity index (χ1n) is 13.4. The van der Waals surface area contributed by atoms with Crippen molar-refractivity contribution in [1.82, 2.24) is 9.88 Å². The number of allylic oxidation sites excluding steroid dienone is 2. The molecule has 1 aliphatic heterocycles. The largest absolute Gasteiger partial charge is 0.293 e. The van der Waals surface area contributed by atoms with Crippen LogP contribution >= 0.6 is 0 Å². The molecule has 2 aromatic carbocycles. The molecule has 0 radical (unpaired) electrons. The van der Waals surface area contributed by atoms with E-state index in [-0.39, 0.29) is 39.8 Å². The summed E-state index contributed by atoms with van der Waals surface area (Å²) in [5, 5.41) is 0. The maximum absolute atomic E-state index is 13.7. The first kappa shape index (κ1) is 28.1. The average Bonchev–Trinajstić information content (AvgIpc) is 3.39. The van der Waals surface area contributed by atoms with Gasteiger partial charge in [-0.2, -0.15) is 0 Å². The molecular weight excluding hydrogens is 524 g/mol. The number of fused-ring (bicyclic) bond motifs is 2. The predicted molar refractivity (Wildman–Crippen MR) is 168 cm³/mol. The van der Waals surface area contributed by atoms with Crippen molar-refractivity contribution in [3.63, 3.8) is 0 Å². The number of carbonyl (C=O) groups is 4. The molecule has 0 spiro atoms. The van der Waals surface area contributed by atoms with Gasteiger partial charge in [-0.1, -0.05) is 74.9 Å². The third-order valence-corrected chi connectivity index (χ3v) is 7.60. The molecule has 0 bridgehead atoms. The van der Waals surface area contributed by atoms with Gasteiger partial charge in [-0.05, 0) is 66.4 Å². The molecule has 5 rings (SSSR count). The summed E-state index contributed by atoms with van der Waals surface area (Å²) >= 11 is 0. The molecule has 2 amide bonds. The second-order valence-electron chi connectivity index (χ2n) is 9.83. The van der Waals surface area contributed by atoms with Gasteiger partial charge in [0, 0.05) is 16.7 Å². The number of hydrogen-bond donors (Lipinski definition) is 0. The standard InChI is InChI=1S/C36H28N2O4/c1-7-13-24-19-28-27(18-23(24)11-5)35(41)38(36(28)42)30(12-6)32-20(8-2)14-15-29(37-32)31-33(39)25-16-21(9-3)22(10-4)17-26(25)34(31)40/h7-19,31H,2-5H2,1,6H3/b13-7-,30-12+. The molecule has 1 aliphatic carbocycles. The Kier molecular flexibility index (Phi) is 7.23. The maximum atomic E-state index is 13.7. The highest BCUT2D eigenvalue weighted by molar-refractivity contribution is 6.30. The molecule has 42 heavy (non-hydrogen) atoms. The normalized spacial score (nSPS) is 14.9. The van der Waals surface area contributed by atoms with Crippen LogP contribution in [0.3, 0.4) is 0 Å². The zero-order valence-electron chi connectivity index (χ0n) is 23.4. The minimum absolute atomic E-state index is 0.211. The molecule has 2 heterocycles. The number of Topliss-reactive ketones (excluding diaryl/α,β-unsaturated/α-hetero) is 2.